The van der Waals surface area contributed by atoms with Gasteiger partial charge in [0.25, 0.3) is 0 Å². The Bertz CT molecular complexity index is 582. The molecule has 0 saturated carbocycles. The van der Waals surface area contributed by atoms with Crippen molar-refractivity contribution in [2.45, 2.75) is 39.5 Å². The molecular weight excluding hydrogens is 308 g/mol. The summed E-state index contributed by atoms with van der Waals surface area (Å²) in [7, 11) is 0. The first-order valence-corrected chi connectivity index (χ1v) is 8.01. The number of hydrogen-bond donors (Lipinski definition) is 0. The largest absolute Gasteiger partial charge is 0.396 e. The molecule has 6 heteroatoms. The van der Waals surface area contributed by atoms with Crippen LogP contribution in [0.15, 0.2) is 34.6 Å². The molecule has 0 aromatic heterocycles. The monoisotopic (exact) mass is 332 g/mol. The van der Waals surface area contributed by atoms with E-state index in [1.165, 1.54) is 6.92 Å². The number of aldehydes is 1. The highest BCUT2D eigenvalue weighted by atomic mass is 16.6. The number of Topliss-reactive ketones (excluding diaryl/α,β-unsaturated/α-hetero) is 1. The van der Waals surface area contributed by atoms with E-state index < -0.39 is 0 Å². The molecule has 1 aromatic carbocycles. The van der Waals surface area contributed by atoms with Gasteiger partial charge in [0, 0.05) is 12.5 Å². The Hall–Kier alpha value is -2.50. The highest BCUT2D eigenvalue weighted by molar-refractivity contribution is 6.37. The summed E-state index contributed by atoms with van der Waals surface area (Å²) < 4.78 is 0. The van der Waals surface area contributed by atoms with Crippen molar-refractivity contribution in [2.24, 2.45) is 10.3 Å². The number of carbonyl (C=O) groups is 2. The molecule has 1 rings (SSSR count). The Labute approximate surface area is 142 Å². The fourth-order valence-corrected chi connectivity index (χ4v) is 1.76. The molecule has 0 fully saturated rings. The van der Waals surface area contributed by atoms with Gasteiger partial charge in [0.15, 0.2) is 5.78 Å². The lowest BCUT2D eigenvalue weighted by atomic mass is 10.1. The Morgan fingerprint density at radius 2 is 1.71 bits per heavy atom. The molecule has 0 spiro atoms. The van der Waals surface area contributed by atoms with E-state index in [0.717, 1.165) is 37.5 Å². The van der Waals surface area contributed by atoms with Crippen LogP contribution in [-0.2, 0) is 14.5 Å². The minimum absolute atomic E-state index is 0.0782. The molecule has 0 amide bonds. The summed E-state index contributed by atoms with van der Waals surface area (Å²) in [4.78, 5) is 31.8. The third kappa shape index (κ3) is 8.82. The maximum Gasteiger partial charge on any atom is 0.177 e. The molecule has 0 heterocycles. The van der Waals surface area contributed by atoms with Crippen LogP contribution in [0, 0.1) is 0 Å². The quantitative estimate of drug-likeness (QED) is 0.254. The van der Waals surface area contributed by atoms with E-state index in [1.54, 1.807) is 31.3 Å². The predicted molar refractivity (Wildman–Crippen MR) is 93.6 cm³/mol. The summed E-state index contributed by atoms with van der Waals surface area (Å²) in [5, 5.41) is 7.61. The van der Waals surface area contributed by atoms with Gasteiger partial charge in [-0.3, -0.25) is 9.59 Å². The normalized spacial score (nSPS) is 11.5. The third-order valence-electron chi connectivity index (χ3n) is 3.26. The van der Waals surface area contributed by atoms with Gasteiger partial charge in [-0.15, -0.1) is 0 Å². The van der Waals surface area contributed by atoms with Crippen LogP contribution in [0.5, 0.6) is 0 Å². The van der Waals surface area contributed by atoms with Crippen LogP contribution in [0.4, 0.5) is 0 Å². The zero-order chi connectivity index (χ0) is 17.6. The topological polar surface area (TPSA) is 77.3 Å². The van der Waals surface area contributed by atoms with Crippen LogP contribution in [0.2, 0.25) is 0 Å². The molecule has 0 radical (unpaired) electrons. The summed E-state index contributed by atoms with van der Waals surface area (Å²) in [6.45, 7) is 4.15. The second kappa shape index (κ2) is 12.0. The van der Waals surface area contributed by atoms with Crippen LogP contribution in [-0.4, -0.2) is 37.2 Å². The Balaban J connectivity index is 2.02. The fourth-order valence-electron chi connectivity index (χ4n) is 1.76. The van der Waals surface area contributed by atoms with Gasteiger partial charge in [0.1, 0.15) is 25.2 Å². The first-order chi connectivity index (χ1) is 11.6. The Kier molecular flexibility index (Phi) is 9.76. The summed E-state index contributed by atoms with van der Waals surface area (Å²) in [5.74, 6) is -0.0782. The van der Waals surface area contributed by atoms with Crippen molar-refractivity contribution in [3.8, 4) is 0 Å². The van der Waals surface area contributed by atoms with Crippen LogP contribution >= 0.6 is 0 Å². The van der Waals surface area contributed by atoms with Gasteiger partial charge in [-0.2, -0.15) is 0 Å². The zero-order valence-corrected chi connectivity index (χ0v) is 14.2. The molecule has 130 valence electrons. The number of rotatable bonds is 12. The van der Waals surface area contributed by atoms with E-state index in [9.17, 15) is 9.59 Å². The molecule has 0 atom stereocenters. The van der Waals surface area contributed by atoms with Crippen molar-refractivity contribution >= 4 is 24.0 Å². The first kappa shape index (κ1) is 19.5. The molecule has 0 bridgehead atoms. The van der Waals surface area contributed by atoms with Crippen molar-refractivity contribution in [2.75, 3.05) is 13.2 Å². The van der Waals surface area contributed by atoms with Crippen molar-refractivity contribution in [1.29, 1.82) is 0 Å². The zero-order valence-electron chi connectivity index (χ0n) is 14.2. The summed E-state index contributed by atoms with van der Waals surface area (Å²) in [5.41, 5.74) is 1.84. The lowest BCUT2D eigenvalue weighted by Gasteiger charge is -2.01. The van der Waals surface area contributed by atoms with Gasteiger partial charge in [-0.1, -0.05) is 28.5 Å². The number of ketones is 1. The molecule has 6 nitrogen and oxygen atoms in total. The molecule has 0 aliphatic rings. The minimum atomic E-state index is -0.0782. The van der Waals surface area contributed by atoms with E-state index in [2.05, 4.69) is 10.3 Å². The molecule has 0 saturated heterocycles. The van der Waals surface area contributed by atoms with Crippen LogP contribution in [0.3, 0.4) is 0 Å². The van der Waals surface area contributed by atoms with Crippen molar-refractivity contribution in [1.82, 2.24) is 0 Å². The molecule has 0 N–H and O–H groups in total. The number of oxime groups is 2. The lowest BCUT2D eigenvalue weighted by Crippen LogP contribution is -2.05. The lowest BCUT2D eigenvalue weighted by molar-refractivity contribution is -0.111. The summed E-state index contributed by atoms with van der Waals surface area (Å²) in [6.07, 6.45) is 6.20. The first-order valence-electron chi connectivity index (χ1n) is 8.01. The van der Waals surface area contributed by atoms with Crippen molar-refractivity contribution < 1.29 is 19.3 Å². The second-order valence-electron chi connectivity index (χ2n) is 5.34. The average molecular weight is 332 g/mol. The van der Waals surface area contributed by atoms with Gasteiger partial charge >= 0.3 is 0 Å². The maximum atomic E-state index is 10.9. The molecule has 0 unspecified atom stereocenters. The van der Waals surface area contributed by atoms with Crippen LogP contribution < -0.4 is 0 Å². The smallest absolute Gasteiger partial charge is 0.177 e. The highest BCUT2D eigenvalue weighted by Crippen LogP contribution is 2.02. The van der Waals surface area contributed by atoms with Gasteiger partial charge in [0.05, 0.1) is 6.21 Å². The SMILES string of the molecule is CC(=O)/C(C)=N/OCCCCCCO/N=C/c1cccc(C=O)c1. The fraction of sp³-hybridized carbons (Fsp3) is 0.444. The van der Waals surface area contributed by atoms with Gasteiger partial charge in [-0.25, -0.2) is 0 Å². The van der Waals surface area contributed by atoms with Crippen LogP contribution in [0.1, 0.15) is 55.5 Å². The van der Waals surface area contributed by atoms with E-state index in [-0.39, 0.29) is 5.78 Å². The van der Waals surface area contributed by atoms with E-state index in [1.807, 2.05) is 6.07 Å². The minimum Gasteiger partial charge on any atom is -0.396 e. The van der Waals surface area contributed by atoms with Crippen molar-refractivity contribution in [3.05, 3.63) is 35.4 Å². The Morgan fingerprint density at radius 3 is 2.38 bits per heavy atom. The third-order valence-corrected chi connectivity index (χ3v) is 3.26. The molecule has 1 aromatic rings. The number of hydrogen-bond acceptors (Lipinski definition) is 6. The number of unbranched alkanes of at least 4 members (excludes halogenated alkanes) is 3. The Morgan fingerprint density at radius 1 is 1.04 bits per heavy atom. The number of carbonyl (C=O) groups excluding carboxylic acids is 2. The van der Waals surface area contributed by atoms with E-state index in [4.69, 9.17) is 9.68 Å². The predicted octanol–water partition coefficient (Wildman–Crippen LogP) is 3.39. The van der Waals surface area contributed by atoms with Crippen molar-refractivity contribution in [3.63, 3.8) is 0 Å². The van der Waals surface area contributed by atoms with E-state index in [0.29, 0.717) is 24.5 Å². The van der Waals surface area contributed by atoms with Crippen LogP contribution in [0.25, 0.3) is 0 Å². The number of nitrogens with zero attached hydrogens (tertiary/aromatic N) is 2. The highest BCUT2D eigenvalue weighted by Gasteiger charge is 1.97. The second-order valence-corrected chi connectivity index (χ2v) is 5.34. The molecule has 0 aliphatic carbocycles. The standard InChI is InChI=1S/C18H24N2O4/c1-15(16(2)22)20-24-11-6-4-3-5-10-23-19-13-17-8-7-9-18(12-17)14-21/h7-9,12-14H,3-6,10-11H2,1-2H3/b19-13+,20-15+. The average Bonchev–Trinajstić information content (AvgIpc) is 2.59. The maximum absolute atomic E-state index is 10.9. The summed E-state index contributed by atoms with van der Waals surface area (Å²) >= 11 is 0. The summed E-state index contributed by atoms with van der Waals surface area (Å²) in [6, 6.07) is 7.14. The molecular formula is C18H24N2O4. The van der Waals surface area contributed by atoms with Gasteiger partial charge < -0.3 is 9.68 Å². The van der Waals surface area contributed by atoms with Gasteiger partial charge in [-0.05, 0) is 44.2 Å². The van der Waals surface area contributed by atoms with Gasteiger partial charge in [0.2, 0.25) is 0 Å². The molecule has 24 heavy (non-hydrogen) atoms. The number of benzene rings is 1. The molecule has 0 aliphatic heterocycles. The van der Waals surface area contributed by atoms with E-state index >= 15 is 0 Å².